The maximum absolute atomic E-state index is 16.9. The van der Waals surface area contributed by atoms with Crippen LogP contribution in [0.25, 0.3) is 39.0 Å². The molecule has 1 unspecified atom stereocenters. The summed E-state index contributed by atoms with van der Waals surface area (Å²) < 4.78 is 52.7. The first kappa shape index (κ1) is 27.6. The molecule has 8 rings (SSSR count). The van der Waals surface area contributed by atoms with Crippen molar-refractivity contribution in [2.75, 3.05) is 31.1 Å². The standard InChI is InChI=1S/C34H34F3N5O2/c1-2-23-25(36)9-7-19-14-22(43)15-24(27(19)23)30-29(37)31-28-26(38-30)10-8-21-6-3-4-13-42(21)32(28)40-33(39-31)44-18-34-11-5-12-41(34)17-20(35)16-34/h7-10,14-15,20-21,43H,2-6,11-13,16-18H2,1H3/t20-,21?,34+/m1/s1. The van der Waals surface area contributed by atoms with Gasteiger partial charge in [0.1, 0.15) is 41.4 Å². The molecule has 0 bridgehead atoms. The Kier molecular flexibility index (Phi) is 6.48. The molecule has 10 heteroatoms. The summed E-state index contributed by atoms with van der Waals surface area (Å²) in [7, 11) is 0. The van der Waals surface area contributed by atoms with Crippen molar-refractivity contribution >= 4 is 33.6 Å². The second kappa shape index (κ2) is 10.3. The summed E-state index contributed by atoms with van der Waals surface area (Å²) >= 11 is 0. The minimum atomic E-state index is -0.898. The molecule has 2 aromatic carbocycles. The van der Waals surface area contributed by atoms with Gasteiger partial charge in [-0.3, -0.25) is 4.90 Å². The fraction of sp³-hybridized carbons (Fsp3) is 0.441. The van der Waals surface area contributed by atoms with Gasteiger partial charge in [0.05, 0.1) is 16.6 Å². The number of aromatic nitrogens is 3. The Labute approximate surface area is 253 Å². The zero-order chi connectivity index (χ0) is 30.2. The Morgan fingerprint density at radius 3 is 2.82 bits per heavy atom. The highest BCUT2D eigenvalue weighted by Gasteiger charge is 2.49. The van der Waals surface area contributed by atoms with Gasteiger partial charge in [-0.1, -0.05) is 19.1 Å². The summed E-state index contributed by atoms with van der Waals surface area (Å²) in [5.74, 6) is -0.587. The molecule has 1 N–H and O–H groups in total. The third kappa shape index (κ3) is 4.24. The number of benzene rings is 2. The molecular formula is C34H34F3N5O2. The van der Waals surface area contributed by atoms with E-state index in [-0.39, 0.29) is 35.6 Å². The van der Waals surface area contributed by atoms with Crippen molar-refractivity contribution in [1.82, 2.24) is 19.9 Å². The fourth-order valence-corrected chi connectivity index (χ4v) is 8.04. The molecule has 7 nitrogen and oxygen atoms in total. The number of halogens is 3. The highest BCUT2D eigenvalue weighted by Crippen LogP contribution is 2.44. The van der Waals surface area contributed by atoms with Gasteiger partial charge in [-0.15, -0.1) is 0 Å². The van der Waals surface area contributed by atoms with Gasteiger partial charge in [-0.2, -0.15) is 9.97 Å². The lowest BCUT2D eigenvalue weighted by Gasteiger charge is -2.35. The summed E-state index contributed by atoms with van der Waals surface area (Å²) in [6.45, 7) is 4.05. The van der Waals surface area contributed by atoms with Gasteiger partial charge >= 0.3 is 6.01 Å². The normalized spacial score (nSPS) is 24.6. The van der Waals surface area contributed by atoms with E-state index in [9.17, 15) is 9.50 Å². The van der Waals surface area contributed by atoms with Crippen molar-refractivity contribution < 1.29 is 23.0 Å². The van der Waals surface area contributed by atoms with Crippen molar-refractivity contribution in [3.05, 3.63) is 53.2 Å². The predicted octanol–water partition coefficient (Wildman–Crippen LogP) is 6.73. The van der Waals surface area contributed by atoms with Crippen LogP contribution in [-0.2, 0) is 6.42 Å². The first-order valence-electron chi connectivity index (χ1n) is 15.7. The maximum atomic E-state index is 16.9. The van der Waals surface area contributed by atoms with Gasteiger partial charge < -0.3 is 14.7 Å². The third-order valence-corrected chi connectivity index (χ3v) is 10.1. The molecule has 0 aliphatic carbocycles. The minimum Gasteiger partial charge on any atom is -0.508 e. The first-order valence-corrected chi connectivity index (χ1v) is 15.7. The predicted molar refractivity (Wildman–Crippen MR) is 164 cm³/mol. The summed E-state index contributed by atoms with van der Waals surface area (Å²) in [6, 6.07) is 6.04. The number of rotatable bonds is 5. The minimum absolute atomic E-state index is 0.0227. The Morgan fingerprint density at radius 2 is 1.95 bits per heavy atom. The Hall–Kier alpha value is -3.92. The van der Waals surface area contributed by atoms with Crippen LogP contribution in [-0.4, -0.2) is 69.0 Å². The lowest BCUT2D eigenvalue weighted by molar-refractivity contribution is 0.107. The van der Waals surface area contributed by atoms with Crippen LogP contribution in [0.2, 0.25) is 0 Å². The van der Waals surface area contributed by atoms with Crippen LogP contribution in [0.5, 0.6) is 11.8 Å². The van der Waals surface area contributed by atoms with E-state index in [4.69, 9.17) is 14.7 Å². The van der Waals surface area contributed by atoms with E-state index in [0.717, 1.165) is 45.2 Å². The number of hydrogen-bond acceptors (Lipinski definition) is 7. The van der Waals surface area contributed by atoms with Gasteiger partial charge in [-0.05, 0) is 85.7 Å². The number of alkyl halides is 1. The molecular weight excluding hydrogens is 567 g/mol. The molecule has 0 amide bonds. The molecule has 0 saturated carbocycles. The second-order valence-corrected chi connectivity index (χ2v) is 12.7. The number of piperidine rings is 1. The van der Waals surface area contributed by atoms with E-state index in [1.165, 1.54) is 12.1 Å². The molecule has 2 aromatic heterocycles. The number of hydrogen-bond donors (Lipinski definition) is 1. The number of nitrogens with zero attached hydrogens (tertiary/aromatic N) is 5. The monoisotopic (exact) mass is 601 g/mol. The third-order valence-electron chi connectivity index (χ3n) is 10.1. The van der Waals surface area contributed by atoms with Crippen molar-refractivity contribution in [3.63, 3.8) is 0 Å². The lowest BCUT2D eigenvalue weighted by atomic mass is 9.94. The quantitative estimate of drug-likeness (QED) is 0.272. The number of phenolic OH excluding ortho intramolecular Hbond substituents is 1. The van der Waals surface area contributed by atoms with Crippen LogP contribution in [0.1, 0.15) is 56.7 Å². The van der Waals surface area contributed by atoms with Gasteiger partial charge in [0, 0.05) is 31.1 Å². The highest BCUT2D eigenvalue weighted by molar-refractivity contribution is 6.04. The zero-order valence-electron chi connectivity index (χ0n) is 24.6. The molecule has 4 aromatic rings. The summed E-state index contributed by atoms with van der Waals surface area (Å²) in [5, 5.41) is 12.2. The van der Waals surface area contributed by atoms with Crippen molar-refractivity contribution in [3.8, 4) is 23.0 Å². The molecule has 3 atom stereocenters. The number of aromatic hydroxyl groups is 1. The fourth-order valence-electron chi connectivity index (χ4n) is 8.04. The summed E-state index contributed by atoms with van der Waals surface area (Å²) in [4.78, 5) is 18.6. The largest absolute Gasteiger partial charge is 0.508 e. The van der Waals surface area contributed by atoms with E-state index < -0.39 is 23.3 Å². The van der Waals surface area contributed by atoms with Crippen LogP contribution in [0.4, 0.5) is 19.0 Å². The van der Waals surface area contributed by atoms with Crippen molar-refractivity contribution in [1.29, 1.82) is 0 Å². The highest BCUT2D eigenvalue weighted by atomic mass is 19.1. The number of phenols is 1. The van der Waals surface area contributed by atoms with Crippen molar-refractivity contribution in [2.24, 2.45) is 0 Å². The average Bonchev–Trinajstić information content (AvgIpc) is 3.49. The van der Waals surface area contributed by atoms with E-state index in [1.807, 2.05) is 13.0 Å². The van der Waals surface area contributed by atoms with E-state index >= 15 is 8.78 Å². The Bertz CT molecular complexity index is 1850. The van der Waals surface area contributed by atoms with Gasteiger partial charge in [0.25, 0.3) is 0 Å². The Balaban J connectivity index is 1.34. The zero-order valence-corrected chi connectivity index (χ0v) is 24.6. The molecule has 0 spiro atoms. The number of anilines is 1. The SMILES string of the molecule is CCc1c(F)ccc2cc(O)cc(-c3nc4c5c(nc(OC[C@@]67CCCN6C[C@H](F)C7)nc5c3F)N3CCCCC3C=C4)c12. The molecule has 4 aliphatic heterocycles. The number of ether oxygens (including phenoxy) is 1. The van der Waals surface area contributed by atoms with Gasteiger partial charge in [0.2, 0.25) is 0 Å². The molecule has 3 fully saturated rings. The number of pyridine rings is 1. The van der Waals surface area contributed by atoms with Crippen LogP contribution >= 0.6 is 0 Å². The van der Waals surface area contributed by atoms with Crippen molar-refractivity contribution in [2.45, 2.75) is 69.6 Å². The van der Waals surface area contributed by atoms with E-state index in [2.05, 4.69) is 20.9 Å². The van der Waals surface area contributed by atoms with Gasteiger partial charge in [0.15, 0.2) is 5.82 Å². The second-order valence-electron chi connectivity index (χ2n) is 12.7. The van der Waals surface area contributed by atoms with Crippen LogP contribution in [0.15, 0.2) is 30.3 Å². The number of aryl methyl sites for hydroxylation is 1. The lowest BCUT2D eigenvalue weighted by Crippen LogP contribution is -2.43. The van der Waals surface area contributed by atoms with E-state index in [1.54, 1.807) is 12.1 Å². The maximum Gasteiger partial charge on any atom is 0.319 e. The van der Waals surface area contributed by atoms with Crippen LogP contribution in [0.3, 0.4) is 0 Å². The molecule has 6 heterocycles. The van der Waals surface area contributed by atoms with Gasteiger partial charge in [-0.25, -0.2) is 18.2 Å². The first-order chi connectivity index (χ1) is 21.3. The average molecular weight is 602 g/mol. The summed E-state index contributed by atoms with van der Waals surface area (Å²) in [6.07, 6.45) is 8.64. The molecule has 0 radical (unpaired) electrons. The molecule has 4 aliphatic rings. The van der Waals surface area contributed by atoms with Crippen LogP contribution < -0.4 is 9.64 Å². The number of fused-ring (bicyclic) bond motifs is 4. The molecule has 3 saturated heterocycles. The smallest absolute Gasteiger partial charge is 0.319 e. The summed E-state index contributed by atoms with van der Waals surface area (Å²) in [5.41, 5.74) is 0.857. The topological polar surface area (TPSA) is 74.6 Å². The van der Waals surface area contributed by atoms with Crippen LogP contribution in [0, 0.1) is 11.6 Å². The molecule has 44 heavy (non-hydrogen) atoms. The molecule has 228 valence electrons. The van der Waals surface area contributed by atoms with E-state index in [0.29, 0.717) is 58.2 Å². The Morgan fingerprint density at radius 1 is 1.07 bits per heavy atom.